The summed E-state index contributed by atoms with van der Waals surface area (Å²) < 4.78 is 5.23. The number of nitrogens with one attached hydrogen (secondary N) is 1. The zero-order chi connectivity index (χ0) is 14.6. The topological polar surface area (TPSA) is 38.3 Å². The van der Waals surface area contributed by atoms with E-state index in [-0.39, 0.29) is 0 Å². The molecule has 3 heteroatoms. The highest BCUT2D eigenvalue weighted by Gasteiger charge is 2.16. The average molecular weight is 268 g/mol. The molecule has 20 heavy (non-hydrogen) atoms. The van der Waals surface area contributed by atoms with Gasteiger partial charge in [0.2, 0.25) is 0 Å². The van der Waals surface area contributed by atoms with E-state index >= 15 is 0 Å². The summed E-state index contributed by atoms with van der Waals surface area (Å²) in [5, 5.41) is 2.74. The van der Waals surface area contributed by atoms with Crippen molar-refractivity contribution >= 4 is 11.8 Å². The standard InChI is InChI=1S/C17H18NO2/c1-17(2,3)20-16(19)18-15-11-7-10-14(12-15)13-8-5-4-6-9-13/h5-12H,1-3H3,(H,18,19). The summed E-state index contributed by atoms with van der Waals surface area (Å²) in [4.78, 5) is 11.7. The average Bonchev–Trinajstić information content (AvgIpc) is 2.38. The highest BCUT2D eigenvalue weighted by atomic mass is 16.6. The van der Waals surface area contributed by atoms with Crippen molar-refractivity contribution in [1.29, 1.82) is 0 Å². The number of hydrogen-bond acceptors (Lipinski definition) is 2. The van der Waals surface area contributed by atoms with Gasteiger partial charge in [0, 0.05) is 5.69 Å². The van der Waals surface area contributed by atoms with E-state index in [9.17, 15) is 4.79 Å². The van der Waals surface area contributed by atoms with E-state index < -0.39 is 11.7 Å². The monoisotopic (exact) mass is 268 g/mol. The van der Waals surface area contributed by atoms with Crippen LogP contribution >= 0.6 is 0 Å². The van der Waals surface area contributed by atoms with Gasteiger partial charge in [-0.25, -0.2) is 4.79 Å². The van der Waals surface area contributed by atoms with Crippen LogP contribution in [-0.4, -0.2) is 11.7 Å². The molecule has 0 aromatic heterocycles. The maximum atomic E-state index is 11.7. The lowest BCUT2D eigenvalue weighted by Crippen LogP contribution is -2.27. The van der Waals surface area contributed by atoms with E-state index in [2.05, 4.69) is 11.4 Å². The Morgan fingerprint density at radius 1 is 1.10 bits per heavy atom. The van der Waals surface area contributed by atoms with Crippen LogP contribution in [0.5, 0.6) is 0 Å². The predicted octanol–water partition coefficient (Wildman–Crippen LogP) is 4.50. The van der Waals surface area contributed by atoms with Crippen LogP contribution in [0.2, 0.25) is 0 Å². The quantitative estimate of drug-likeness (QED) is 0.870. The molecule has 103 valence electrons. The summed E-state index contributed by atoms with van der Waals surface area (Å²) in [5.74, 6) is 0. The van der Waals surface area contributed by atoms with Crippen LogP contribution in [0, 0.1) is 6.07 Å². The van der Waals surface area contributed by atoms with Crippen LogP contribution in [-0.2, 0) is 4.74 Å². The molecule has 3 nitrogen and oxygen atoms in total. The minimum Gasteiger partial charge on any atom is -0.444 e. The summed E-state index contributed by atoms with van der Waals surface area (Å²) in [6, 6.07) is 18.3. The fourth-order valence-electron chi connectivity index (χ4n) is 1.78. The van der Waals surface area contributed by atoms with Gasteiger partial charge in [0.1, 0.15) is 5.60 Å². The summed E-state index contributed by atoms with van der Waals surface area (Å²) in [5.41, 5.74) is 2.32. The minimum atomic E-state index is -0.503. The van der Waals surface area contributed by atoms with E-state index in [1.165, 1.54) is 0 Å². The van der Waals surface area contributed by atoms with E-state index in [1.54, 1.807) is 0 Å². The lowest BCUT2D eigenvalue weighted by atomic mass is 10.1. The third kappa shape index (κ3) is 4.12. The summed E-state index contributed by atoms with van der Waals surface area (Å²) in [6.45, 7) is 5.51. The van der Waals surface area contributed by atoms with Crippen LogP contribution in [0.4, 0.5) is 10.5 Å². The Morgan fingerprint density at radius 2 is 1.80 bits per heavy atom. The Bertz CT molecular complexity index is 585. The molecule has 0 saturated carbocycles. The molecule has 2 aromatic carbocycles. The summed E-state index contributed by atoms with van der Waals surface area (Å²) in [6.07, 6.45) is -0.448. The summed E-state index contributed by atoms with van der Waals surface area (Å²) >= 11 is 0. The molecular formula is C17H18NO2. The molecule has 2 aromatic rings. The van der Waals surface area contributed by atoms with Crippen molar-refractivity contribution in [3.63, 3.8) is 0 Å². The van der Waals surface area contributed by atoms with Crippen LogP contribution < -0.4 is 5.32 Å². The molecule has 2 rings (SSSR count). The SMILES string of the molecule is CC(C)(C)OC(=O)Nc1cccc(-c2cc[c]cc2)c1. The molecular weight excluding hydrogens is 250 g/mol. The summed E-state index contributed by atoms with van der Waals surface area (Å²) in [7, 11) is 0. The van der Waals surface area contributed by atoms with E-state index in [0.29, 0.717) is 5.69 Å². The van der Waals surface area contributed by atoms with Gasteiger partial charge in [0.25, 0.3) is 0 Å². The van der Waals surface area contributed by atoms with Gasteiger partial charge in [0.15, 0.2) is 0 Å². The van der Waals surface area contributed by atoms with Gasteiger partial charge < -0.3 is 4.74 Å². The molecule has 0 saturated heterocycles. The van der Waals surface area contributed by atoms with Crippen molar-refractivity contribution < 1.29 is 9.53 Å². The van der Waals surface area contributed by atoms with Gasteiger partial charge >= 0.3 is 6.09 Å². The molecule has 0 heterocycles. The number of carbonyl (C=O) groups excluding carboxylic acids is 1. The van der Waals surface area contributed by atoms with Gasteiger partial charge in [-0.3, -0.25) is 5.32 Å². The van der Waals surface area contributed by atoms with Crippen LogP contribution in [0.15, 0.2) is 48.5 Å². The van der Waals surface area contributed by atoms with Gasteiger partial charge in [-0.2, -0.15) is 0 Å². The number of ether oxygens (including phenoxy) is 1. The molecule has 1 N–H and O–H groups in total. The number of anilines is 1. The number of hydrogen-bond donors (Lipinski definition) is 1. The normalized spacial score (nSPS) is 10.9. The number of rotatable bonds is 2. The third-order valence-electron chi connectivity index (χ3n) is 2.56. The minimum absolute atomic E-state index is 0.448. The second-order valence-corrected chi connectivity index (χ2v) is 5.50. The van der Waals surface area contributed by atoms with Crippen molar-refractivity contribution in [2.24, 2.45) is 0 Å². The van der Waals surface area contributed by atoms with E-state index in [1.807, 2.05) is 69.3 Å². The van der Waals surface area contributed by atoms with Gasteiger partial charge in [-0.15, -0.1) is 0 Å². The van der Waals surface area contributed by atoms with Crippen molar-refractivity contribution in [3.05, 3.63) is 54.6 Å². The molecule has 0 aliphatic heterocycles. The van der Waals surface area contributed by atoms with Crippen LogP contribution in [0.25, 0.3) is 11.1 Å². The molecule has 1 radical (unpaired) electrons. The molecule has 1 amide bonds. The number of carbonyl (C=O) groups is 1. The van der Waals surface area contributed by atoms with Crippen molar-refractivity contribution in [1.82, 2.24) is 0 Å². The Labute approximate surface area is 119 Å². The Hall–Kier alpha value is -2.29. The Kier molecular flexibility index (Phi) is 4.08. The molecule has 0 spiro atoms. The van der Waals surface area contributed by atoms with Crippen LogP contribution in [0.3, 0.4) is 0 Å². The lowest BCUT2D eigenvalue weighted by Gasteiger charge is -2.19. The lowest BCUT2D eigenvalue weighted by molar-refractivity contribution is 0.0636. The number of amides is 1. The largest absolute Gasteiger partial charge is 0.444 e. The molecule has 0 fully saturated rings. The first-order valence-corrected chi connectivity index (χ1v) is 6.51. The van der Waals surface area contributed by atoms with Gasteiger partial charge in [0.05, 0.1) is 0 Å². The van der Waals surface area contributed by atoms with Crippen molar-refractivity contribution in [3.8, 4) is 11.1 Å². The Balaban J connectivity index is 2.13. The molecule has 0 atom stereocenters. The van der Waals surface area contributed by atoms with E-state index in [4.69, 9.17) is 4.74 Å². The molecule has 0 unspecified atom stereocenters. The zero-order valence-corrected chi connectivity index (χ0v) is 11.9. The highest BCUT2D eigenvalue weighted by molar-refractivity contribution is 5.86. The van der Waals surface area contributed by atoms with Gasteiger partial charge in [-0.05, 0) is 50.1 Å². The molecule has 0 bridgehead atoms. The first kappa shape index (κ1) is 14.1. The van der Waals surface area contributed by atoms with E-state index in [0.717, 1.165) is 11.1 Å². The first-order valence-electron chi connectivity index (χ1n) is 6.51. The highest BCUT2D eigenvalue weighted by Crippen LogP contribution is 2.22. The molecule has 0 aliphatic carbocycles. The predicted molar refractivity (Wildman–Crippen MR) is 80.6 cm³/mol. The van der Waals surface area contributed by atoms with Gasteiger partial charge in [-0.1, -0.05) is 36.4 Å². The molecule has 0 aliphatic rings. The fraction of sp³-hybridized carbons (Fsp3) is 0.235. The smallest absolute Gasteiger partial charge is 0.412 e. The van der Waals surface area contributed by atoms with Crippen molar-refractivity contribution in [2.45, 2.75) is 26.4 Å². The fourth-order valence-corrected chi connectivity index (χ4v) is 1.78. The zero-order valence-electron chi connectivity index (χ0n) is 11.9. The number of benzene rings is 2. The second-order valence-electron chi connectivity index (χ2n) is 5.50. The van der Waals surface area contributed by atoms with Crippen molar-refractivity contribution in [2.75, 3.05) is 5.32 Å². The third-order valence-corrected chi connectivity index (χ3v) is 2.56. The first-order chi connectivity index (χ1) is 9.44. The Morgan fingerprint density at radius 3 is 2.45 bits per heavy atom. The second kappa shape index (κ2) is 5.78. The maximum absolute atomic E-state index is 11.7. The maximum Gasteiger partial charge on any atom is 0.412 e. The van der Waals surface area contributed by atoms with Crippen LogP contribution in [0.1, 0.15) is 20.8 Å².